The van der Waals surface area contributed by atoms with Crippen molar-refractivity contribution in [3.05, 3.63) is 7.05 Å². The number of quaternary nitrogens is 1. The lowest BCUT2D eigenvalue weighted by Crippen LogP contribution is -3.05. The van der Waals surface area contributed by atoms with Crippen LogP contribution in [0.25, 0.3) is 0 Å². The minimum Gasteiger partial charge on any atom is -0.466 e. The number of carbonyl (C=O) groups excluding carboxylic acids is 1. The van der Waals surface area contributed by atoms with Crippen LogP contribution in [0.5, 0.6) is 0 Å². The van der Waals surface area contributed by atoms with Crippen molar-refractivity contribution in [2.75, 3.05) is 26.7 Å². The Kier molecular flexibility index (Phi) is 3.54. The van der Waals surface area contributed by atoms with Crippen LogP contribution in [0.15, 0.2) is 0 Å². The molecule has 0 saturated carbocycles. The van der Waals surface area contributed by atoms with Crippen LogP contribution in [-0.4, -0.2) is 43.8 Å². The number of hydrogen-bond acceptors (Lipinski definition) is 2. The summed E-state index contributed by atoms with van der Waals surface area (Å²) in [6.07, 6.45) is 0.809. The number of hydrogen-bond donors (Lipinski definition) is 1. The van der Waals surface area contributed by atoms with Crippen LogP contribution in [0, 0.1) is 7.05 Å². The molecule has 0 aromatic heterocycles. The lowest BCUT2D eigenvalue weighted by Gasteiger charge is -2.25. The number of nitrogens with one attached hydrogen (secondary N) is 1. The molecule has 13 heavy (non-hydrogen) atoms. The van der Waals surface area contributed by atoms with Gasteiger partial charge in [-0.15, -0.1) is 0 Å². The summed E-state index contributed by atoms with van der Waals surface area (Å²) in [7, 11) is 5.35. The first kappa shape index (κ1) is 10.3. The standard InChI is InChI=1S/C9H18N2O2/c1-4-11(9(12)13-3)8-5-6-10(2)7-8/h8,10H,2,4-7H2,1,3H3/t8-/m0/s1. The van der Waals surface area contributed by atoms with Gasteiger partial charge < -0.3 is 9.64 Å². The number of methoxy groups -OCH3 is 1. The van der Waals surface area contributed by atoms with Gasteiger partial charge in [-0.2, -0.15) is 7.05 Å². The molecule has 1 heterocycles. The van der Waals surface area contributed by atoms with E-state index >= 15 is 0 Å². The van der Waals surface area contributed by atoms with Crippen molar-refractivity contribution in [1.82, 2.24) is 4.90 Å². The third kappa shape index (κ3) is 2.34. The molecular formula is C9H18N2O2. The summed E-state index contributed by atoms with van der Waals surface area (Å²) in [5, 5.41) is 0. The van der Waals surface area contributed by atoms with Crippen molar-refractivity contribution >= 4 is 6.09 Å². The second-order valence-corrected chi connectivity index (χ2v) is 3.40. The lowest BCUT2D eigenvalue weighted by molar-refractivity contribution is -0.840. The largest absolute Gasteiger partial charge is 0.466 e. The van der Waals surface area contributed by atoms with Crippen LogP contribution < -0.4 is 4.90 Å². The number of nitrogens with zero attached hydrogens (tertiary/aromatic N) is 1. The summed E-state index contributed by atoms with van der Waals surface area (Å²) in [4.78, 5) is 14.3. The Balaban J connectivity index is 2.51. The van der Waals surface area contributed by atoms with Crippen LogP contribution >= 0.6 is 0 Å². The van der Waals surface area contributed by atoms with E-state index in [1.54, 1.807) is 4.90 Å². The summed E-state index contributed by atoms with van der Waals surface area (Å²) < 4.78 is 4.71. The smallest absolute Gasteiger partial charge is 0.409 e. The SMILES string of the molecule is [CH2-][NH+]1CC[C@H](N(CC)C(=O)OC)C1. The molecule has 1 unspecified atom stereocenters. The number of carbonyl (C=O) groups is 1. The third-order valence-corrected chi connectivity index (χ3v) is 2.55. The normalized spacial score (nSPS) is 27.3. The van der Waals surface area contributed by atoms with E-state index < -0.39 is 0 Å². The number of amides is 1. The Labute approximate surface area is 79.4 Å². The first-order valence-electron chi connectivity index (χ1n) is 4.70. The minimum absolute atomic E-state index is 0.220. The van der Waals surface area contributed by atoms with Crippen molar-refractivity contribution in [3.63, 3.8) is 0 Å². The van der Waals surface area contributed by atoms with Gasteiger partial charge in [0.15, 0.2) is 0 Å². The average molecular weight is 186 g/mol. The molecule has 0 aromatic rings. The maximum Gasteiger partial charge on any atom is 0.409 e. The molecule has 1 rings (SSSR count). The maximum atomic E-state index is 11.3. The molecule has 2 atom stereocenters. The van der Waals surface area contributed by atoms with E-state index in [-0.39, 0.29) is 6.09 Å². The van der Waals surface area contributed by atoms with E-state index in [1.807, 2.05) is 6.92 Å². The lowest BCUT2D eigenvalue weighted by atomic mass is 10.2. The molecule has 0 radical (unpaired) electrons. The molecule has 4 nitrogen and oxygen atoms in total. The van der Waals surface area contributed by atoms with Gasteiger partial charge in [0.25, 0.3) is 0 Å². The van der Waals surface area contributed by atoms with Crippen LogP contribution in [-0.2, 0) is 4.74 Å². The molecule has 4 heteroatoms. The molecule has 1 N–H and O–H groups in total. The Morgan fingerprint density at radius 1 is 1.77 bits per heavy atom. The summed E-state index contributed by atoms with van der Waals surface area (Å²) in [5.74, 6) is 0. The second kappa shape index (κ2) is 4.46. The van der Waals surface area contributed by atoms with E-state index in [2.05, 4.69) is 7.05 Å². The molecule has 0 bridgehead atoms. The first-order valence-corrected chi connectivity index (χ1v) is 4.70. The number of likely N-dealkylation sites (tertiary alicyclic amines) is 1. The highest BCUT2D eigenvalue weighted by Gasteiger charge is 2.29. The van der Waals surface area contributed by atoms with Gasteiger partial charge in [-0.1, -0.05) is 0 Å². The quantitative estimate of drug-likeness (QED) is 0.591. The molecule has 1 amide bonds. The second-order valence-electron chi connectivity index (χ2n) is 3.40. The zero-order chi connectivity index (χ0) is 9.84. The van der Waals surface area contributed by atoms with E-state index in [4.69, 9.17) is 4.74 Å². The van der Waals surface area contributed by atoms with Crippen molar-refractivity contribution in [2.24, 2.45) is 0 Å². The highest BCUT2D eigenvalue weighted by atomic mass is 16.5. The van der Waals surface area contributed by atoms with Crippen LogP contribution in [0.4, 0.5) is 4.79 Å². The fraction of sp³-hybridized carbons (Fsp3) is 0.778. The molecule has 1 fully saturated rings. The molecule has 1 aliphatic rings. The van der Waals surface area contributed by atoms with Crippen LogP contribution in [0.2, 0.25) is 0 Å². The van der Waals surface area contributed by atoms with Crippen molar-refractivity contribution in [1.29, 1.82) is 0 Å². The maximum absolute atomic E-state index is 11.3. The van der Waals surface area contributed by atoms with E-state index in [9.17, 15) is 4.79 Å². The topological polar surface area (TPSA) is 34.0 Å². The molecule has 0 spiro atoms. The van der Waals surface area contributed by atoms with Crippen LogP contribution in [0.1, 0.15) is 13.3 Å². The Morgan fingerprint density at radius 3 is 2.85 bits per heavy atom. The fourth-order valence-electron chi connectivity index (χ4n) is 1.83. The molecule has 1 saturated heterocycles. The summed E-state index contributed by atoms with van der Waals surface area (Å²) in [5.41, 5.74) is 0. The van der Waals surface area contributed by atoms with Gasteiger partial charge in [-0.25, -0.2) is 4.79 Å². The van der Waals surface area contributed by atoms with Gasteiger partial charge in [0.05, 0.1) is 26.2 Å². The molecule has 0 aromatic carbocycles. The van der Waals surface area contributed by atoms with Gasteiger partial charge in [-0.3, -0.25) is 4.90 Å². The van der Waals surface area contributed by atoms with Crippen LogP contribution in [0.3, 0.4) is 0 Å². The number of rotatable bonds is 2. The molecular weight excluding hydrogens is 168 g/mol. The zero-order valence-electron chi connectivity index (χ0n) is 8.38. The average Bonchev–Trinajstić information content (AvgIpc) is 2.53. The van der Waals surface area contributed by atoms with Gasteiger partial charge in [-0.05, 0) is 6.92 Å². The number of ether oxygens (including phenoxy) is 1. The zero-order valence-corrected chi connectivity index (χ0v) is 8.38. The first-order chi connectivity index (χ1) is 6.19. The van der Waals surface area contributed by atoms with Gasteiger partial charge in [0, 0.05) is 13.0 Å². The summed E-state index contributed by atoms with van der Waals surface area (Å²) in [6, 6.07) is 0.310. The van der Waals surface area contributed by atoms with E-state index in [0.717, 1.165) is 19.5 Å². The monoisotopic (exact) mass is 186 g/mol. The Morgan fingerprint density at radius 2 is 2.46 bits per heavy atom. The summed E-state index contributed by atoms with van der Waals surface area (Å²) in [6.45, 7) is 4.66. The molecule has 76 valence electrons. The van der Waals surface area contributed by atoms with E-state index in [1.165, 1.54) is 12.0 Å². The van der Waals surface area contributed by atoms with Crippen molar-refractivity contribution in [3.8, 4) is 0 Å². The highest BCUT2D eigenvalue weighted by molar-refractivity contribution is 5.67. The third-order valence-electron chi connectivity index (χ3n) is 2.55. The fourth-order valence-corrected chi connectivity index (χ4v) is 1.83. The Bertz CT molecular complexity index is 184. The summed E-state index contributed by atoms with van der Waals surface area (Å²) >= 11 is 0. The van der Waals surface area contributed by atoms with Gasteiger partial charge in [0.2, 0.25) is 0 Å². The number of likely N-dealkylation sites (N-methyl/N-ethyl adjacent to an activating group) is 1. The Hall–Kier alpha value is -0.770. The van der Waals surface area contributed by atoms with Gasteiger partial charge >= 0.3 is 6.09 Å². The van der Waals surface area contributed by atoms with Crippen molar-refractivity contribution < 1.29 is 14.4 Å². The molecule has 1 aliphatic heterocycles. The predicted molar refractivity (Wildman–Crippen MR) is 49.2 cm³/mol. The van der Waals surface area contributed by atoms with Gasteiger partial charge in [0.1, 0.15) is 0 Å². The van der Waals surface area contributed by atoms with Crippen molar-refractivity contribution in [2.45, 2.75) is 19.4 Å². The van der Waals surface area contributed by atoms with E-state index in [0.29, 0.717) is 12.6 Å². The predicted octanol–water partition coefficient (Wildman–Crippen LogP) is -0.477. The highest BCUT2D eigenvalue weighted by Crippen LogP contribution is 2.06. The minimum atomic E-state index is -0.220. The molecule has 0 aliphatic carbocycles.